The minimum atomic E-state index is -0.330. The highest BCUT2D eigenvalue weighted by Gasteiger charge is 2.26. The quantitative estimate of drug-likeness (QED) is 0.383. The summed E-state index contributed by atoms with van der Waals surface area (Å²) in [7, 11) is 0. The predicted molar refractivity (Wildman–Crippen MR) is 130 cm³/mol. The topological polar surface area (TPSA) is 95.2 Å². The molecule has 1 atom stereocenters. The summed E-state index contributed by atoms with van der Waals surface area (Å²) in [5, 5.41) is 7.56. The van der Waals surface area contributed by atoms with Crippen LogP contribution in [0.15, 0.2) is 41.3 Å². The van der Waals surface area contributed by atoms with Gasteiger partial charge in [0, 0.05) is 37.7 Å². The number of fused-ring (bicyclic) bond motifs is 1. The number of alkyl carbamates (subject to hydrolysis) is 1. The van der Waals surface area contributed by atoms with Gasteiger partial charge in [0.05, 0.1) is 40.1 Å². The number of rotatable bonds is 8. The second-order valence-corrected chi connectivity index (χ2v) is 8.83. The number of piperidine rings is 1. The maximum Gasteiger partial charge on any atom is 0.407 e. The van der Waals surface area contributed by atoms with Crippen molar-refractivity contribution in [2.24, 2.45) is 0 Å². The van der Waals surface area contributed by atoms with E-state index >= 15 is 0 Å². The summed E-state index contributed by atoms with van der Waals surface area (Å²) in [6, 6.07) is 5.93. The van der Waals surface area contributed by atoms with Gasteiger partial charge in [-0.1, -0.05) is 19.4 Å². The van der Waals surface area contributed by atoms with Crippen LogP contribution in [0.3, 0.4) is 0 Å². The molecule has 0 aromatic carbocycles. The molecule has 1 saturated heterocycles. The lowest BCUT2D eigenvalue weighted by molar-refractivity contribution is 0.139. The Kier molecular flexibility index (Phi) is 7.47. The van der Waals surface area contributed by atoms with Crippen molar-refractivity contribution in [3.05, 3.63) is 47.0 Å². The third-order valence-corrected chi connectivity index (χ3v) is 6.19. The highest BCUT2D eigenvalue weighted by Crippen LogP contribution is 2.39. The molecule has 1 fully saturated rings. The van der Waals surface area contributed by atoms with Crippen LogP contribution in [0.4, 0.5) is 16.2 Å². The zero-order valence-electron chi connectivity index (χ0n) is 18.2. The second kappa shape index (κ2) is 10.7. The van der Waals surface area contributed by atoms with Gasteiger partial charge in [0.25, 0.3) is 0 Å². The molecular formula is C23H29BrN6O2. The number of pyridine rings is 2. The van der Waals surface area contributed by atoms with E-state index in [1.807, 2.05) is 30.6 Å². The van der Waals surface area contributed by atoms with Crippen molar-refractivity contribution in [2.75, 3.05) is 29.9 Å². The van der Waals surface area contributed by atoms with E-state index in [9.17, 15) is 4.79 Å². The molecule has 9 heteroatoms. The number of nitrogens with zero attached hydrogens (tertiary/aromatic N) is 3. The van der Waals surface area contributed by atoms with Crippen molar-refractivity contribution < 1.29 is 9.53 Å². The Balaban J connectivity index is 1.51. The van der Waals surface area contributed by atoms with Crippen LogP contribution in [0.1, 0.15) is 38.3 Å². The molecule has 8 nitrogen and oxygen atoms in total. The number of unbranched alkanes of at least 4 members (excludes halogenated alkanes) is 1. The molecule has 32 heavy (non-hydrogen) atoms. The molecule has 4 rings (SSSR count). The number of hydrogen-bond donors (Lipinski definition) is 3. The molecule has 170 valence electrons. The van der Waals surface area contributed by atoms with E-state index < -0.39 is 0 Å². The fraction of sp³-hybridized carbons (Fsp3) is 0.435. The van der Waals surface area contributed by atoms with Crippen LogP contribution in [0.5, 0.6) is 0 Å². The maximum atomic E-state index is 12.1. The van der Waals surface area contributed by atoms with E-state index in [1.165, 1.54) is 0 Å². The van der Waals surface area contributed by atoms with Crippen LogP contribution < -0.4 is 15.5 Å². The Morgan fingerprint density at radius 3 is 3.09 bits per heavy atom. The number of hydrogen-bond acceptors (Lipinski definition) is 6. The molecule has 0 radical (unpaired) electrons. The molecule has 0 saturated carbocycles. The average Bonchev–Trinajstić information content (AvgIpc) is 3.21. The molecule has 1 aliphatic rings. The summed E-state index contributed by atoms with van der Waals surface area (Å²) < 4.78 is 6.22. The van der Waals surface area contributed by atoms with Gasteiger partial charge < -0.3 is 25.3 Å². The lowest BCUT2D eigenvalue weighted by atomic mass is 10.0. The van der Waals surface area contributed by atoms with Crippen molar-refractivity contribution in [3.8, 4) is 0 Å². The molecular weight excluding hydrogens is 472 g/mol. The zero-order valence-corrected chi connectivity index (χ0v) is 19.8. The first-order valence-electron chi connectivity index (χ1n) is 11.1. The summed E-state index contributed by atoms with van der Waals surface area (Å²) in [5.74, 6) is 0. The second-order valence-electron chi connectivity index (χ2n) is 7.97. The summed E-state index contributed by atoms with van der Waals surface area (Å²) in [6.07, 6.45) is 9.04. The van der Waals surface area contributed by atoms with Gasteiger partial charge in [-0.05, 0) is 47.3 Å². The molecule has 0 aliphatic carbocycles. The SMILES string of the molecule is CCCCOC(=O)NC1CCCN(c2c(Br)cnc3[nH]cc(NCc4ccccn4)c23)C1. The van der Waals surface area contributed by atoms with Gasteiger partial charge in [-0.15, -0.1) is 0 Å². The number of aromatic nitrogens is 3. The molecule has 1 amide bonds. The predicted octanol–water partition coefficient (Wildman–Crippen LogP) is 4.83. The van der Waals surface area contributed by atoms with E-state index in [0.29, 0.717) is 19.7 Å². The Bertz CT molecular complexity index is 1040. The maximum absolute atomic E-state index is 12.1. The summed E-state index contributed by atoms with van der Waals surface area (Å²) in [5.41, 5.74) is 3.84. The van der Waals surface area contributed by atoms with Crippen LogP contribution >= 0.6 is 15.9 Å². The monoisotopic (exact) mass is 500 g/mol. The van der Waals surface area contributed by atoms with Crippen LogP contribution in [0.25, 0.3) is 11.0 Å². The Labute approximate surface area is 196 Å². The number of aromatic amines is 1. The first-order valence-corrected chi connectivity index (χ1v) is 11.9. The van der Waals surface area contributed by atoms with Crippen LogP contribution in [0.2, 0.25) is 0 Å². The van der Waals surface area contributed by atoms with Crippen molar-refractivity contribution in [3.63, 3.8) is 0 Å². The number of halogens is 1. The fourth-order valence-electron chi connectivity index (χ4n) is 4.01. The Hall–Kier alpha value is -2.81. The number of amides is 1. The minimum Gasteiger partial charge on any atom is -0.450 e. The van der Waals surface area contributed by atoms with Gasteiger partial charge in [-0.2, -0.15) is 0 Å². The van der Waals surface area contributed by atoms with E-state index in [0.717, 1.165) is 64.8 Å². The number of carbonyl (C=O) groups is 1. The fourth-order valence-corrected chi connectivity index (χ4v) is 4.56. The largest absolute Gasteiger partial charge is 0.450 e. The number of H-pyrrole nitrogens is 1. The first-order chi connectivity index (χ1) is 15.7. The van der Waals surface area contributed by atoms with Gasteiger partial charge in [-0.3, -0.25) is 4.98 Å². The molecule has 0 spiro atoms. The van der Waals surface area contributed by atoms with E-state index in [4.69, 9.17) is 4.74 Å². The van der Waals surface area contributed by atoms with Gasteiger partial charge >= 0.3 is 6.09 Å². The lowest BCUT2D eigenvalue weighted by Crippen LogP contribution is -2.48. The third-order valence-electron chi connectivity index (χ3n) is 5.61. The minimum absolute atomic E-state index is 0.0388. The summed E-state index contributed by atoms with van der Waals surface area (Å²) >= 11 is 3.71. The van der Waals surface area contributed by atoms with Gasteiger partial charge in [0.2, 0.25) is 0 Å². The average molecular weight is 501 g/mol. The molecule has 0 bridgehead atoms. The van der Waals surface area contributed by atoms with E-state index in [2.05, 4.69) is 53.3 Å². The molecule has 1 aliphatic heterocycles. The van der Waals surface area contributed by atoms with E-state index in [-0.39, 0.29) is 12.1 Å². The van der Waals surface area contributed by atoms with Gasteiger partial charge in [-0.25, -0.2) is 9.78 Å². The number of carbonyl (C=O) groups excluding carboxylic acids is 1. The highest BCUT2D eigenvalue weighted by molar-refractivity contribution is 9.10. The lowest BCUT2D eigenvalue weighted by Gasteiger charge is -2.35. The van der Waals surface area contributed by atoms with Crippen LogP contribution in [0, 0.1) is 0 Å². The standard InChI is InChI=1S/C23H29BrN6O2/c1-2-3-11-32-23(31)29-17-8-6-10-30(15-17)21-18(24)13-27-22-20(21)19(14-28-22)26-12-16-7-4-5-9-25-16/h4-5,7,9,13-14,17,26H,2-3,6,8,10-12,15H2,1H3,(H,27,28)(H,29,31). The van der Waals surface area contributed by atoms with E-state index in [1.54, 1.807) is 6.20 Å². The van der Waals surface area contributed by atoms with Crippen LogP contribution in [-0.2, 0) is 11.3 Å². The third kappa shape index (κ3) is 5.32. The van der Waals surface area contributed by atoms with Crippen molar-refractivity contribution in [2.45, 2.75) is 45.2 Å². The first kappa shape index (κ1) is 22.4. The Morgan fingerprint density at radius 2 is 2.28 bits per heavy atom. The smallest absolute Gasteiger partial charge is 0.407 e. The summed E-state index contributed by atoms with van der Waals surface area (Å²) in [6.45, 7) is 4.78. The normalized spacial score (nSPS) is 16.2. The summed E-state index contributed by atoms with van der Waals surface area (Å²) in [4.78, 5) is 26.7. The molecule has 3 aromatic heterocycles. The highest BCUT2D eigenvalue weighted by atomic mass is 79.9. The van der Waals surface area contributed by atoms with Crippen molar-refractivity contribution in [1.82, 2.24) is 20.3 Å². The molecule has 3 aromatic rings. The zero-order chi connectivity index (χ0) is 22.3. The Morgan fingerprint density at radius 1 is 1.38 bits per heavy atom. The van der Waals surface area contributed by atoms with Crippen molar-refractivity contribution in [1.29, 1.82) is 0 Å². The van der Waals surface area contributed by atoms with Crippen molar-refractivity contribution >= 4 is 44.4 Å². The van der Waals surface area contributed by atoms with Gasteiger partial charge in [0.1, 0.15) is 5.65 Å². The molecule has 1 unspecified atom stereocenters. The van der Waals surface area contributed by atoms with Gasteiger partial charge in [0.15, 0.2) is 0 Å². The van der Waals surface area contributed by atoms with Crippen LogP contribution in [-0.4, -0.2) is 46.8 Å². The molecule has 3 N–H and O–H groups in total. The molecule has 4 heterocycles. The number of nitrogens with one attached hydrogen (secondary N) is 3. The number of ether oxygens (including phenoxy) is 1. The number of anilines is 2.